The van der Waals surface area contributed by atoms with Gasteiger partial charge in [-0.2, -0.15) is 0 Å². The van der Waals surface area contributed by atoms with E-state index in [4.69, 9.17) is 10.5 Å². The molecule has 0 amide bonds. The number of likely N-dealkylation sites (N-methyl/N-ethyl adjacent to an activating group) is 1. The van der Waals surface area contributed by atoms with Crippen LogP contribution in [0.1, 0.15) is 31.9 Å². The van der Waals surface area contributed by atoms with E-state index in [0.717, 1.165) is 51.5 Å². The van der Waals surface area contributed by atoms with E-state index in [9.17, 15) is 0 Å². The van der Waals surface area contributed by atoms with Crippen LogP contribution in [-0.2, 0) is 0 Å². The first-order valence-corrected chi connectivity index (χ1v) is 8.17. The fraction of sp³-hybridized carbons (Fsp3) is 0.647. The predicted molar refractivity (Wildman–Crippen MR) is 87.7 cm³/mol. The number of hydrogen-bond acceptors (Lipinski definition) is 4. The number of ether oxygens (including phenoxy) is 1. The minimum atomic E-state index is 0.323. The van der Waals surface area contributed by atoms with Crippen LogP contribution < -0.4 is 10.5 Å². The second-order valence-electron chi connectivity index (χ2n) is 5.64. The van der Waals surface area contributed by atoms with Crippen molar-refractivity contribution < 1.29 is 4.74 Å². The molecule has 1 heterocycles. The summed E-state index contributed by atoms with van der Waals surface area (Å²) in [6.07, 6.45) is 1.04. The molecule has 0 aromatic heterocycles. The Kier molecular flexibility index (Phi) is 6.49. The van der Waals surface area contributed by atoms with Gasteiger partial charge >= 0.3 is 0 Å². The maximum atomic E-state index is 6.03. The molecular formula is C17H29N3O. The van der Waals surface area contributed by atoms with Crippen LogP contribution in [0.5, 0.6) is 5.75 Å². The van der Waals surface area contributed by atoms with Crippen LogP contribution in [-0.4, -0.2) is 55.7 Å². The molecule has 1 unspecified atom stereocenters. The molecule has 4 heteroatoms. The summed E-state index contributed by atoms with van der Waals surface area (Å²) in [6.45, 7) is 11.4. The summed E-state index contributed by atoms with van der Waals surface area (Å²) in [5.41, 5.74) is 7.33. The zero-order valence-corrected chi connectivity index (χ0v) is 13.4. The third kappa shape index (κ3) is 4.43. The average Bonchev–Trinajstić information content (AvgIpc) is 2.55. The van der Waals surface area contributed by atoms with Crippen LogP contribution in [0.25, 0.3) is 0 Å². The van der Waals surface area contributed by atoms with Crippen LogP contribution in [0.2, 0.25) is 0 Å². The Balaban J connectivity index is 1.97. The lowest BCUT2D eigenvalue weighted by molar-refractivity contribution is 0.102. The zero-order valence-electron chi connectivity index (χ0n) is 13.4. The fourth-order valence-corrected chi connectivity index (χ4v) is 2.89. The summed E-state index contributed by atoms with van der Waals surface area (Å²) in [5.74, 6) is 0.951. The number of rotatable bonds is 7. The largest absolute Gasteiger partial charge is 0.494 e. The molecule has 1 fully saturated rings. The summed E-state index contributed by atoms with van der Waals surface area (Å²) in [7, 11) is 0. The summed E-state index contributed by atoms with van der Waals surface area (Å²) in [4.78, 5) is 5.00. The lowest BCUT2D eigenvalue weighted by Gasteiger charge is -2.38. The average molecular weight is 291 g/mol. The van der Waals surface area contributed by atoms with Crippen LogP contribution in [0, 0.1) is 0 Å². The van der Waals surface area contributed by atoms with Crippen molar-refractivity contribution in [1.82, 2.24) is 9.80 Å². The molecule has 1 aliphatic rings. The normalized spacial score (nSPS) is 18.6. The first-order valence-electron chi connectivity index (χ1n) is 8.17. The Morgan fingerprint density at radius 3 is 2.29 bits per heavy atom. The molecule has 4 nitrogen and oxygen atoms in total. The van der Waals surface area contributed by atoms with Crippen molar-refractivity contribution in [3.05, 3.63) is 29.8 Å². The van der Waals surface area contributed by atoms with Crippen molar-refractivity contribution in [1.29, 1.82) is 0 Å². The van der Waals surface area contributed by atoms with Gasteiger partial charge in [0, 0.05) is 38.8 Å². The van der Waals surface area contributed by atoms with E-state index in [1.54, 1.807) is 0 Å². The number of nitrogens with two attached hydrogens (primary N) is 1. The number of hydrogen-bond donors (Lipinski definition) is 1. The first kappa shape index (κ1) is 16.3. The third-order valence-corrected chi connectivity index (χ3v) is 4.26. The zero-order chi connectivity index (χ0) is 15.1. The molecule has 1 aromatic carbocycles. The Bertz CT molecular complexity index is 399. The van der Waals surface area contributed by atoms with Gasteiger partial charge in [-0.15, -0.1) is 0 Å². The molecule has 0 spiro atoms. The van der Waals surface area contributed by atoms with Gasteiger partial charge in [-0.05, 0) is 30.7 Å². The molecule has 0 saturated carbocycles. The molecule has 1 atom stereocenters. The van der Waals surface area contributed by atoms with E-state index in [-0.39, 0.29) is 0 Å². The Hall–Kier alpha value is -1.10. The molecule has 0 aliphatic carbocycles. The molecule has 0 bridgehead atoms. The minimum Gasteiger partial charge on any atom is -0.494 e. The topological polar surface area (TPSA) is 41.7 Å². The van der Waals surface area contributed by atoms with Gasteiger partial charge in [0.1, 0.15) is 5.75 Å². The van der Waals surface area contributed by atoms with Crippen molar-refractivity contribution >= 4 is 0 Å². The summed E-state index contributed by atoms with van der Waals surface area (Å²) >= 11 is 0. The summed E-state index contributed by atoms with van der Waals surface area (Å²) in [5, 5.41) is 0. The van der Waals surface area contributed by atoms with E-state index in [1.165, 1.54) is 5.56 Å². The van der Waals surface area contributed by atoms with Crippen LogP contribution >= 0.6 is 0 Å². The minimum absolute atomic E-state index is 0.323. The van der Waals surface area contributed by atoms with Crippen LogP contribution in [0.15, 0.2) is 24.3 Å². The maximum Gasteiger partial charge on any atom is 0.119 e. The van der Waals surface area contributed by atoms with Crippen LogP contribution in [0.3, 0.4) is 0 Å². The Morgan fingerprint density at radius 2 is 1.76 bits per heavy atom. The second-order valence-corrected chi connectivity index (χ2v) is 5.64. The van der Waals surface area contributed by atoms with E-state index < -0.39 is 0 Å². The van der Waals surface area contributed by atoms with Gasteiger partial charge in [0.2, 0.25) is 0 Å². The first-order chi connectivity index (χ1) is 10.3. The standard InChI is InChI=1S/C17H29N3O/c1-3-13-21-16-7-5-15(6-8-16)17(14-18)20-11-9-19(4-2)10-12-20/h5-8,17H,3-4,9-14,18H2,1-2H3. The van der Waals surface area contributed by atoms with E-state index in [1.807, 2.05) is 0 Å². The molecule has 21 heavy (non-hydrogen) atoms. The molecule has 2 N–H and O–H groups in total. The highest BCUT2D eigenvalue weighted by atomic mass is 16.5. The van der Waals surface area contributed by atoms with Crippen LogP contribution in [0.4, 0.5) is 0 Å². The van der Waals surface area contributed by atoms with Crippen molar-refractivity contribution in [2.45, 2.75) is 26.3 Å². The Labute approximate surface area is 128 Å². The number of piperazine rings is 1. The molecule has 2 rings (SSSR count). The molecule has 0 radical (unpaired) electrons. The van der Waals surface area contributed by atoms with E-state index in [0.29, 0.717) is 12.6 Å². The molecular weight excluding hydrogens is 262 g/mol. The Morgan fingerprint density at radius 1 is 1.10 bits per heavy atom. The van der Waals surface area contributed by atoms with Gasteiger partial charge in [-0.1, -0.05) is 26.0 Å². The second kappa shape index (κ2) is 8.37. The van der Waals surface area contributed by atoms with Crippen molar-refractivity contribution in [3.63, 3.8) is 0 Å². The SMILES string of the molecule is CCCOc1ccc(C(CN)N2CCN(CC)CC2)cc1. The van der Waals surface area contributed by atoms with Gasteiger partial charge in [-0.3, -0.25) is 4.90 Å². The van der Waals surface area contributed by atoms with E-state index in [2.05, 4.69) is 47.9 Å². The van der Waals surface area contributed by atoms with Gasteiger partial charge in [0.25, 0.3) is 0 Å². The smallest absolute Gasteiger partial charge is 0.119 e. The quantitative estimate of drug-likeness (QED) is 0.835. The van der Waals surface area contributed by atoms with Gasteiger partial charge < -0.3 is 15.4 Å². The molecule has 1 saturated heterocycles. The molecule has 118 valence electrons. The van der Waals surface area contributed by atoms with Gasteiger partial charge in [0.15, 0.2) is 0 Å². The monoisotopic (exact) mass is 291 g/mol. The lowest BCUT2D eigenvalue weighted by Crippen LogP contribution is -2.48. The fourth-order valence-electron chi connectivity index (χ4n) is 2.89. The highest BCUT2D eigenvalue weighted by molar-refractivity contribution is 5.29. The predicted octanol–water partition coefficient (Wildman–Crippen LogP) is 2.11. The van der Waals surface area contributed by atoms with Crippen molar-refractivity contribution in [2.24, 2.45) is 5.73 Å². The third-order valence-electron chi connectivity index (χ3n) is 4.26. The highest BCUT2D eigenvalue weighted by Crippen LogP contribution is 2.23. The summed E-state index contributed by atoms with van der Waals surface area (Å²) in [6, 6.07) is 8.78. The summed E-state index contributed by atoms with van der Waals surface area (Å²) < 4.78 is 5.65. The van der Waals surface area contributed by atoms with Crippen molar-refractivity contribution in [2.75, 3.05) is 45.9 Å². The molecule has 1 aliphatic heterocycles. The highest BCUT2D eigenvalue weighted by Gasteiger charge is 2.23. The molecule has 1 aromatic rings. The van der Waals surface area contributed by atoms with Gasteiger partial charge in [-0.25, -0.2) is 0 Å². The lowest BCUT2D eigenvalue weighted by atomic mass is 10.0. The number of benzene rings is 1. The van der Waals surface area contributed by atoms with Crippen molar-refractivity contribution in [3.8, 4) is 5.75 Å². The van der Waals surface area contributed by atoms with Gasteiger partial charge in [0.05, 0.1) is 6.61 Å². The van der Waals surface area contributed by atoms with E-state index >= 15 is 0 Å². The maximum absolute atomic E-state index is 6.03. The number of nitrogens with zero attached hydrogens (tertiary/aromatic N) is 2.